The quantitative estimate of drug-likeness (QED) is 0.850. The summed E-state index contributed by atoms with van der Waals surface area (Å²) in [6.07, 6.45) is 4.64. The number of aryl methyl sites for hydroxylation is 2. The minimum absolute atomic E-state index is 0.0171. The fourth-order valence-corrected chi connectivity index (χ4v) is 3.15. The predicted octanol–water partition coefficient (Wildman–Crippen LogP) is 2.66. The van der Waals surface area contributed by atoms with E-state index >= 15 is 0 Å². The van der Waals surface area contributed by atoms with Crippen LogP contribution in [0.4, 0.5) is 0 Å². The van der Waals surface area contributed by atoms with E-state index < -0.39 is 0 Å². The fraction of sp³-hybridized carbons (Fsp3) is 0.375. The summed E-state index contributed by atoms with van der Waals surface area (Å²) >= 11 is 0. The van der Waals surface area contributed by atoms with Crippen molar-refractivity contribution in [1.82, 2.24) is 10.2 Å². The van der Waals surface area contributed by atoms with Crippen LogP contribution in [0.2, 0.25) is 0 Å². The molecule has 1 heterocycles. The second-order valence-corrected chi connectivity index (χ2v) is 5.50. The zero-order valence-electron chi connectivity index (χ0n) is 11.4. The van der Waals surface area contributed by atoms with Crippen LogP contribution in [-0.2, 0) is 12.8 Å². The molecule has 0 saturated carbocycles. The lowest BCUT2D eigenvalue weighted by Crippen LogP contribution is -2.23. The van der Waals surface area contributed by atoms with Crippen LogP contribution in [0.3, 0.4) is 0 Å². The first kappa shape index (κ1) is 12.2. The third-order valence-corrected chi connectivity index (χ3v) is 4.12. The van der Waals surface area contributed by atoms with Crippen molar-refractivity contribution in [3.05, 3.63) is 62.6 Å². The van der Waals surface area contributed by atoms with E-state index in [-0.39, 0.29) is 5.56 Å². The molecular formula is C16H18N2O. The molecule has 0 saturated heterocycles. The van der Waals surface area contributed by atoms with E-state index in [0.29, 0.717) is 5.92 Å². The van der Waals surface area contributed by atoms with Gasteiger partial charge in [0, 0.05) is 5.56 Å². The maximum absolute atomic E-state index is 11.7. The average Bonchev–Trinajstić information content (AvgIpc) is 2.38. The third-order valence-electron chi connectivity index (χ3n) is 4.12. The maximum atomic E-state index is 11.7. The lowest BCUT2D eigenvalue weighted by Gasteiger charge is -2.25. The zero-order valence-corrected chi connectivity index (χ0v) is 11.4. The molecule has 1 aliphatic carbocycles. The van der Waals surface area contributed by atoms with Crippen molar-refractivity contribution < 1.29 is 0 Å². The monoisotopic (exact) mass is 254 g/mol. The smallest absolute Gasteiger partial charge is 0.267 e. The number of nitrogens with one attached hydrogen (secondary N) is 1. The van der Waals surface area contributed by atoms with Crippen LogP contribution >= 0.6 is 0 Å². The van der Waals surface area contributed by atoms with Crippen molar-refractivity contribution in [2.45, 2.75) is 39.0 Å². The Labute approximate surface area is 112 Å². The Bertz CT molecular complexity index is 673. The minimum Gasteiger partial charge on any atom is -0.268 e. The van der Waals surface area contributed by atoms with Gasteiger partial charge in [0.15, 0.2) is 0 Å². The molecule has 0 amide bonds. The van der Waals surface area contributed by atoms with Gasteiger partial charge in [-0.2, -0.15) is 5.10 Å². The Hall–Kier alpha value is -1.90. The van der Waals surface area contributed by atoms with Gasteiger partial charge in [-0.15, -0.1) is 0 Å². The number of hydrogen-bond donors (Lipinski definition) is 1. The van der Waals surface area contributed by atoms with Crippen LogP contribution in [0.1, 0.15) is 40.2 Å². The van der Waals surface area contributed by atoms with Crippen LogP contribution < -0.4 is 5.56 Å². The summed E-state index contributed by atoms with van der Waals surface area (Å²) in [5.74, 6) is 0.511. The molecule has 19 heavy (non-hydrogen) atoms. The molecule has 1 aromatic heterocycles. The Balaban J connectivity index is 1.96. The summed E-state index contributed by atoms with van der Waals surface area (Å²) < 4.78 is 0. The molecule has 1 N–H and O–H groups in total. The Morgan fingerprint density at radius 2 is 2.16 bits per heavy atom. The number of H-pyrrole nitrogens is 1. The highest BCUT2D eigenvalue weighted by molar-refractivity contribution is 5.36. The van der Waals surface area contributed by atoms with E-state index in [2.05, 4.69) is 42.2 Å². The first-order valence-corrected chi connectivity index (χ1v) is 6.77. The van der Waals surface area contributed by atoms with Gasteiger partial charge in [0.05, 0.1) is 6.20 Å². The van der Waals surface area contributed by atoms with E-state index in [9.17, 15) is 4.79 Å². The SMILES string of the molecule is Cc1ccc(C2CCc3c(cn[nH]c3=O)C2)c(C)c1. The van der Waals surface area contributed by atoms with Crippen molar-refractivity contribution in [2.24, 2.45) is 0 Å². The van der Waals surface area contributed by atoms with E-state index in [0.717, 1.165) is 30.4 Å². The van der Waals surface area contributed by atoms with Gasteiger partial charge < -0.3 is 0 Å². The molecule has 1 unspecified atom stereocenters. The number of aromatic nitrogens is 2. The highest BCUT2D eigenvalue weighted by Gasteiger charge is 2.23. The van der Waals surface area contributed by atoms with Crippen LogP contribution in [0.25, 0.3) is 0 Å². The Kier molecular flexibility index (Phi) is 2.97. The molecule has 1 aromatic carbocycles. The summed E-state index contributed by atoms with van der Waals surface area (Å²) in [5, 5.41) is 6.45. The third kappa shape index (κ3) is 2.21. The molecule has 1 atom stereocenters. The van der Waals surface area contributed by atoms with Crippen molar-refractivity contribution in [3.63, 3.8) is 0 Å². The van der Waals surface area contributed by atoms with Gasteiger partial charge in [0.25, 0.3) is 5.56 Å². The van der Waals surface area contributed by atoms with E-state index in [1.54, 1.807) is 0 Å². The molecule has 0 fully saturated rings. The molecular weight excluding hydrogens is 236 g/mol. The number of nitrogens with zero attached hydrogens (tertiary/aromatic N) is 1. The Morgan fingerprint density at radius 1 is 1.32 bits per heavy atom. The summed E-state index contributed by atoms with van der Waals surface area (Å²) in [7, 11) is 0. The van der Waals surface area contributed by atoms with Gasteiger partial charge >= 0.3 is 0 Å². The van der Waals surface area contributed by atoms with E-state index in [4.69, 9.17) is 0 Å². The Morgan fingerprint density at radius 3 is 2.95 bits per heavy atom. The molecule has 3 heteroatoms. The average molecular weight is 254 g/mol. The first-order chi connectivity index (χ1) is 9.15. The minimum atomic E-state index is -0.0171. The predicted molar refractivity (Wildman–Crippen MR) is 75.5 cm³/mol. The lowest BCUT2D eigenvalue weighted by atomic mass is 9.79. The first-order valence-electron chi connectivity index (χ1n) is 6.77. The molecule has 0 radical (unpaired) electrons. The van der Waals surface area contributed by atoms with Crippen molar-refractivity contribution in [3.8, 4) is 0 Å². The van der Waals surface area contributed by atoms with Crippen LogP contribution in [0.15, 0.2) is 29.2 Å². The number of benzene rings is 1. The van der Waals surface area contributed by atoms with Crippen molar-refractivity contribution in [2.75, 3.05) is 0 Å². The normalized spacial score (nSPS) is 18.1. The summed E-state index contributed by atoms with van der Waals surface area (Å²) in [6, 6.07) is 6.65. The lowest BCUT2D eigenvalue weighted by molar-refractivity contribution is 0.572. The van der Waals surface area contributed by atoms with Gasteiger partial charge in [0.2, 0.25) is 0 Å². The molecule has 3 rings (SSSR count). The molecule has 0 aliphatic heterocycles. The van der Waals surface area contributed by atoms with Crippen LogP contribution in [0.5, 0.6) is 0 Å². The number of aromatic amines is 1. The highest BCUT2D eigenvalue weighted by Crippen LogP contribution is 2.32. The number of hydrogen-bond acceptors (Lipinski definition) is 2. The van der Waals surface area contributed by atoms with Crippen LogP contribution in [0, 0.1) is 13.8 Å². The molecule has 0 spiro atoms. The fourth-order valence-electron chi connectivity index (χ4n) is 3.15. The summed E-state index contributed by atoms with van der Waals surface area (Å²) in [4.78, 5) is 11.7. The van der Waals surface area contributed by atoms with Gasteiger partial charge in [-0.25, -0.2) is 5.10 Å². The van der Waals surface area contributed by atoms with Gasteiger partial charge in [-0.05, 0) is 55.7 Å². The molecule has 98 valence electrons. The van der Waals surface area contributed by atoms with Gasteiger partial charge in [-0.1, -0.05) is 23.8 Å². The maximum Gasteiger partial charge on any atom is 0.267 e. The second-order valence-electron chi connectivity index (χ2n) is 5.50. The van der Waals surface area contributed by atoms with Crippen molar-refractivity contribution >= 4 is 0 Å². The topological polar surface area (TPSA) is 45.8 Å². The highest BCUT2D eigenvalue weighted by atomic mass is 16.1. The summed E-state index contributed by atoms with van der Waals surface area (Å²) in [5.41, 5.74) is 6.09. The van der Waals surface area contributed by atoms with E-state index in [1.807, 2.05) is 6.20 Å². The van der Waals surface area contributed by atoms with Gasteiger partial charge in [0.1, 0.15) is 0 Å². The number of rotatable bonds is 1. The number of fused-ring (bicyclic) bond motifs is 1. The largest absolute Gasteiger partial charge is 0.268 e. The summed E-state index contributed by atoms with van der Waals surface area (Å²) in [6.45, 7) is 4.30. The zero-order chi connectivity index (χ0) is 13.4. The second kappa shape index (κ2) is 4.65. The molecule has 3 nitrogen and oxygen atoms in total. The van der Waals surface area contributed by atoms with Crippen LogP contribution in [-0.4, -0.2) is 10.2 Å². The van der Waals surface area contributed by atoms with Crippen molar-refractivity contribution in [1.29, 1.82) is 0 Å². The standard InChI is InChI=1S/C16H18N2O/c1-10-3-5-14(11(2)7-10)12-4-6-15-13(8-12)9-17-18-16(15)19/h3,5,7,9,12H,4,6,8H2,1-2H3,(H,18,19). The molecule has 0 bridgehead atoms. The molecule has 1 aliphatic rings. The van der Waals surface area contributed by atoms with E-state index in [1.165, 1.54) is 16.7 Å². The van der Waals surface area contributed by atoms with Gasteiger partial charge in [-0.3, -0.25) is 4.79 Å². The molecule has 2 aromatic rings.